The molecule has 1 unspecified atom stereocenters. The number of anilines is 1. The summed E-state index contributed by atoms with van der Waals surface area (Å²) in [5.41, 5.74) is 0. The molecular formula is C13H20ClN3O. The van der Waals surface area contributed by atoms with E-state index in [1.165, 1.54) is 12.8 Å². The maximum absolute atomic E-state index is 8.96. The number of nitrogens with one attached hydrogen (secondary N) is 1. The van der Waals surface area contributed by atoms with Crippen molar-refractivity contribution in [2.45, 2.75) is 38.5 Å². The number of nitrogens with zero attached hydrogens (tertiary/aromatic N) is 2. The van der Waals surface area contributed by atoms with Crippen LogP contribution in [-0.2, 0) is 0 Å². The van der Waals surface area contributed by atoms with Crippen molar-refractivity contribution < 1.29 is 5.11 Å². The Morgan fingerprint density at radius 2 is 2.28 bits per heavy atom. The molecule has 1 heterocycles. The molecule has 2 N–H and O–H groups in total. The van der Waals surface area contributed by atoms with Crippen LogP contribution in [0.4, 0.5) is 5.82 Å². The molecule has 1 fully saturated rings. The molecule has 100 valence electrons. The maximum atomic E-state index is 8.96. The molecule has 2 rings (SSSR count). The second-order valence-electron chi connectivity index (χ2n) is 4.88. The average Bonchev–Trinajstić information content (AvgIpc) is 3.18. The van der Waals surface area contributed by atoms with E-state index in [1.54, 1.807) is 6.07 Å². The van der Waals surface area contributed by atoms with E-state index in [9.17, 15) is 0 Å². The van der Waals surface area contributed by atoms with Gasteiger partial charge in [0.05, 0.1) is 0 Å². The van der Waals surface area contributed by atoms with Crippen molar-refractivity contribution in [2.24, 2.45) is 5.92 Å². The Labute approximate surface area is 113 Å². The maximum Gasteiger partial charge on any atom is 0.135 e. The zero-order chi connectivity index (χ0) is 13.0. The number of aliphatic hydroxyl groups excluding tert-OH is 1. The van der Waals surface area contributed by atoms with E-state index in [0.717, 1.165) is 31.0 Å². The molecule has 0 spiro atoms. The van der Waals surface area contributed by atoms with Gasteiger partial charge >= 0.3 is 0 Å². The number of aliphatic hydroxyl groups is 1. The average molecular weight is 270 g/mol. The van der Waals surface area contributed by atoms with Gasteiger partial charge in [0, 0.05) is 25.1 Å². The fourth-order valence-corrected chi connectivity index (χ4v) is 2.12. The molecular weight excluding hydrogens is 250 g/mol. The van der Waals surface area contributed by atoms with Gasteiger partial charge in [0.1, 0.15) is 16.8 Å². The second kappa shape index (κ2) is 6.34. The highest BCUT2D eigenvalue weighted by Gasteiger charge is 2.27. The number of rotatable bonds is 7. The molecule has 18 heavy (non-hydrogen) atoms. The Morgan fingerprint density at radius 3 is 2.89 bits per heavy atom. The first-order valence-electron chi connectivity index (χ1n) is 6.62. The lowest BCUT2D eigenvalue weighted by Gasteiger charge is -2.15. The Hall–Kier alpha value is -0.870. The van der Waals surface area contributed by atoms with E-state index >= 15 is 0 Å². The smallest absolute Gasteiger partial charge is 0.135 e. The molecule has 0 aliphatic heterocycles. The molecule has 0 radical (unpaired) electrons. The zero-order valence-corrected chi connectivity index (χ0v) is 11.5. The largest absolute Gasteiger partial charge is 0.396 e. The second-order valence-corrected chi connectivity index (χ2v) is 5.26. The van der Waals surface area contributed by atoms with Crippen molar-refractivity contribution in [3.8, 4) is 0 Å². The molecule has 0 saturated heterocycles. The molecule has 0 amide bonds. The van der Waals surface area contributed by atoms with Crippen LogP contribution in [0.1, 0.15) is 44.3 Å². The first-order valence-corrected chi connectivity index (χ1v) is 7.00. The topological polar surface area (TPSA) is 58.0 Å². The molecule has 0 aromatic carbocycles. The SMILES string of the molecule is CCC(CCO)CNc1cc(Cl)nc(C2CC2)n1. The Morgan fingerprint density at radius 1 is 1.50 bits per heavy atom. The summed E-state index contributed by atoms with van der Waals surface area (Å²) >= 11 is 6.00. The highest BCUT2D eigenvalue weighted by Crippen LogP contribution is 2.38. The zero-order valence-electron chi connectivity index (χ0n) is 10.7. The van der Waals surface area contributed by atoms with Gasteiger partial charge in [0.25, 0.3) is 0 Å². The summed E-state index contributed by atoms with van der Waals surface area (Å²) < 4.78 is 0. The minimum absolute atomic E-state index is 0.234. The van der Waals surface area contributed by atoms with Crippen molar-refractivity contribution in [1.82, 2.24) is 9.97 Å². The van der Waals surface area contributed by atoms with E-state index in [1.807, 2.05) is 0 Å². The molecule has 1 saturated carbocycles. The first kappa shape index (κ1) is 13.6. The molecule has 1 aliphatic rings. The van der Waals surface area contributed by atoms with Gasteiger partial charge in [0.15, 0.2) is 0 Å². The third-order valence-electron chi connectivity index (χ3n) is 3.34. The number of hydrogen-bond acceptors (Lipinski definition) is 4. The molecule has 1 aliphatic carbocycles. The van der Waals surface area contributed by atoms with Crippen molar-refractivity contribution in [1.29, 1.82) is 0 Å². The predicted molar refractivity (Wildman–Crippen MR) is 73.0 cm³/mol. The van der Waals surface area contributed by atoms with Crippen LogP contribution in [0.25, 0.3) is 0 Å². The Balaban J connectivity index is 1.95. The summed E-state index contributed by atoms with van der Waals surface area (Å²) in [5, 5.41) is 12.8. The highest BCUT2D eigenvalue weighted by molar-refractivity contribution is 6.29. The van der Waals surface area contributed by atoms with Gasteiger partial charge < -0.3 is 10.4 Å². The molecule has 1 aromatic heterocycles. The predicted octanol–water partition coefficient (Wildman–Crippen LogP) is 2.83. The summed E-state index contributed by atoms with van der Waals surface area (Å²) in [5.74, 6) is 2.63. The number of halogens is 1. The lowest BCUT2D eigenvalue weighted by atomic mass is 10.0. The minimum atomic E-state index is 0.234. The molecule has 1 atom stereocenters. The van der Waals surface area contributed by atoms with Crippen molar-refractivity contribution >= 4 is 17.4 Å². The standard InChI is InChI=1S/C13H20ClN3O/c1-2-9(5-6-18)8-15-12-7-11(14)16-13(17-12)10-3-4-10/h7,9-10,18H,2-6,8H2,1H3,(H,15,16,17). The normalized spacial score (nSPS) is 16.6. The van der Waals surface area contributed by atoms with Gasteiger partial charge in [-0.1, -0.05) is 24.9 Å². The van der Waals surface area contributed by atoms with Crippen LogP contribution in [0.3, 0.4) is 0 Å². The van der Waals surface area contributed by atoms with Crippen LogP contribution < -0.4 is 5.32 Å². The van der Waals surface area contributed by atoms with E-state index in [2.05, 4.69) is 22.2 Å². The van der Waals surface area contributed by atoms with Crippen LogP contribution in [-0.4, -0.2) is 28.2 Å². The van der Waals surface area contributed by atoms with E-state index < -0.39 is 0 Å². The minimum Gasteiger partial charge on any atom is -0.396 e. The lowest BCUT2D eigenvalue weighted by Crippen LogP contribution is -2.16. The van der Waals surface area contributed by atoms with E-state index in [4.69, 9.17) is 16.7 Å². The first-order chi connectivity index (χ1) is 8.72. The van der Waals surface area contributed by atoms with Gasteiger partial charge in [-0.3, -0.25) is 0 Å². The van der Waals surface area contributed by atoms with E-state index in [-0.39, 0.29) is 6.61 Å². The highest BCUT2D eigenvalue weighted by atomic mass is 35.5. The monoisotopic (exact) mass is 269 g/mol. The van der Waals surface area contributed by atoms with Gasteiger partial charge in [-0.25, -0.2) is 9.97 Å². The molecule has 4 nitrogen and oxygen atoms in total. The summed E-state index contributed by atoms with van der Waals surface area (Å²) in [7, 11) is 0. The van der Waals surface area contributed by atoms with Crippen LogP contribution in [0.2, 0.25) is 5.15 Å². The number of aromatic nitrogens is 2. The molecule has 1 aromatic rings. The molecule has 0 bridgehead atoms. The van der Waals surface area contributed by atoms with Crippen LogP contribution in [0.5, 0.6) is 0 Å². The van der Waals surface area contributed by atoms with Crippen LogP contribution >= 0.6 is 11.6 Å². The van der Waals surface area contributed by atoms with Crippen molar-refractivity contribution in [2.75, 3.05) is 18.5 Å². The van der Waals surface area contributed by atoms with Gasteiger partial charge in [-0.2, -0.15) is 0 Å². The van der Waals surface area contributed by atoms with E-state index in [0.29, 0.717) is 17.0 Å². The lowest BCUT2D eigenvalue weighted by molar-refractivity contribution is 0.258. The third-order valence-corrected chi connectivity index (χ3v) is 3.53. The van der Waals surface area contributed by atoms with Crippen molar-refractivity contribution in [3.05, 3.63) is 17.0 Å². The Kier molecular flexibility index (Phi) is 4.78. The third kappa shape index (κ3) is 3.82. The van der Waals surface area contributed by atoms with Crippen LogP contribution in [0.15, 0.2) is 6.07 Å². The summed E-state index contributed by atoms with van der Waals surface area (Å²) in [6, 6.07) is 1.76. The fourth-order valence-electron chi connectivity index (χ4n) is 1.93. The van der Waals surface area contributed by atoms with Gasteiger partial charge in [0.2, 0.25) is 0 Å². The van der Waals surface area contributed by atoms with Gasteiger partial charge in [-0.15, -0.1) is 0 Å². The fraction of sp³-hybridized carbons (Fsp3) is 0.692. The Bertz CT molecular complexity index is 396. The summed E-state index contributed by atoms with van der Waals surface area (Å²) in [6.07, 6.45) is 4.20. The van der Waals surface area contributed by atoms with Crippen molar-refractivity contribution in [3.63, 3.8) is 0 Å². The van der Waals surface area contributed by atoms with Crippen LogP contribution in [0, 0.1) is 5.92 Å². The molecule has 5 heteroatoms. The quantitative estimate of drug-likeness (QED) is 0.748. The number of hydrogen-bond donors (Lipinski definition) is 2. The summed E-state index contributed by atoms with van der Waals surface area (Å²) in [6.45, 7) is 3.18. The van der Waals surface area contributed by atoms with Gasteiger partial charge in [-0.05, 0) is 25.2 Å². The summed E-state index contributed by atoms with van der Waals surface area (Å²) in [4.78, 5) is 8.75.